The summed E-state index contributed by atoms with van der Waals surface area (Å²) >= 11 is 0. The molecule has 0 radical (unpaired) electrons. The quantitative estimate of drug-likeness (QED) is 0.780. The Hall–Kier alpha value is -2.18. The molecule has 0 saturated carbocycles. The van der Waals surface area contributed by atoms with Gasteiger partial charge in [0.15, 0.2) is 5.69 Å². The Morgan fingerprint density at radius 2 is 2.10 bits per heavy atom. The highest BCUT2D eigenvalue weighted by Gasteiger charge is 2.19. The van der Waals surface area contributed by atoms with Gasteiger partial charge in [-0.25, -0.2) is 9.48 Å². The van der Waals surface area contributed by atoms with E-state index in [1.807, 2.05) is 40.8 Å². The van der Waals surface area contributed by atoms with Gasteiger partial charge in [0.2, 0.25) is 0 Å². The van der Waals surface area contributed by atoms with Crippen molar-refractivity contribution in [2.75, 3.05) is 6.61 Å². The van der Waals surface area contributed by atoms with Crippen LogP contribution in [-0.4, -0.2) is 37.4 Å². The van der Waals surface area contributed by atoms with Gasteiger partial charge in [-0.3, -0.25) is 4.68 Å². The van der Waals surface area contributed by atoms with Crippen molar-refractivity contribution in [3.8, 4) is 0 Å². The van der Waals surface area contributed by atoms with Gasteiger partial charge in [-0.15, -0.1) is 5.10 Å². The number of aryl methyl sites for hydroxylation is 2. The van der Waals surface area contributed by atoms with Gasteiger partial charge < -0.3 is 4.74 Å². The Labute approximate surface area is 123 Å². The van der Waals surface area contributed by atoms with Crippen molar-refractivity contribution in [1.29, 1.82) is 0 Å². The monoisotopic (exact) mass is 291 g/mol. The molecule has 2 heterocycles. The number of carbonyl (C=O) groups excluding carboxylic acids is 1. The summed E-state index contributed by atoms with van der Waals surface area (Å²) in [5, 5.41) is 12.3. The van der Waals surface area contributed by atoms with E-state index >= 15 is 0 Å². The Bertz CT molecular complexity index is 642. The largest absolute Gasteiger partial charge is 0.461 e. The minimum absolute atomic E-state index is 0.273. The van der Waals surface area contributed by atoms with Crippen LogP contribution >= 0.6 is 0 Å². The first-order valence-electron chi connectivity index (χ1n) is 6.95. The Morgan fingerprint density at radius 1 is 1.38 bits per heavy atom. The highest BCUT2D eigenvalue weighted by Crippen LogP contribution is 2.10. The fourth-order valence-electron chi connectivity index (χ4n) is 1.98. The molecular weight excluding hydrogens is 270 g/mol. The molecule has 2 rings (SSSR count). The summed E-state index contributed by atoms with van der Waals surface area (Å²) < 4.78 is 8.67. The molecule has 0 aliphatic carbocycles. The van der Waals surface area contributed by atoms with Gasteiger partial charge in [0, 0.05) is 7.05 Å². The molecular formula is C14H21N5O2. The van der Waals surface area contributed by atoms with Crippen LogP contribution in [0.5, 0.6) is 0 Å². The molecule has 7 heteroatoms. The summed E-state index contributed by atoms with van der Waals surface area (Å²) in [6.07, 6.45) is 0. The molecule has 0 unspecified atom stereocenters. The van der Waals surface area contributed by atoms with E-state index in [9.17, 15) is 4.79 Å². The van der Waals surface area contributed by atoms with E-state index in [0.717, 1.165) is 11.4 Å². The minimum Gasteiger partial charge on any atom is -0.461 e. The van der Waals surface area contributed by atoms with Gasteiger partial charge in [0.25, 0.3) is 0 Å². The third-order valence-electron chi connectivity index (χ3n) is 3.13. The van der Waals surface area contributed by atoms with Crippen molar-refractivity contribution in [2.45, 2.75) is 34.2 Å². The van der Waals surface area contributed by atoms with Gasteiger partial charge in [0.1, 0.15) is 0 Å². The molecule has 0 fully saturated rings. The van der Waals surface area contributed by atoms with Gasteiger partial charge in [-0.1, -0.05) is 19.1 Å². The summed E-state index contributed by atoms with van der Waals surface area (Å²) in [7, 11) is 1.88. The predicted octanol–water partition coefficient (Wildman–Crippen LogP) is 1.49. The SMILES string of the molecule is Cc1cc(Cn2nnc(C(=O)OCC(C)C)c2C)n(C)n1. The van der Waals surface area contributed by atoms with Crippen LogP contribution in [0.2, 0.25) is 0 Å². The number of rotatable bonds is 5. The first kappa shape index (κ1) is 15.2. The lowest BCUT2D eigenvalue weighted by molar-refractivity contribution is 0.0451. The summed E-state index contributed by atoms with van der Waals surface area (Å²) in [6.45, 7) is 8.63. The van der Waals surface area contributed by atoms with E-state index in [-0.39, 0.29) is 5.69 Å². The number of carbonyl (C=O) groups is 1. The molecule has 0 aliphatic heterocycles. The maximum absolute atomic E-state index is 12.0. The Kier molecular flexibility index (Phi) is 4.40. The van der Waals surface area contributed by atoms with E-state index in [1.54, 1.807) is 9.36 Å². The lowest BCUT2D eigenvalue weighted by Crippen LogP contribution is -2.13. The summed E-state index contributed by atoms with van der Waals surface area (Å²) in [6, 6.07) is 1.98. The normalized spacial score (nSPS) is 11.1. The van der Waals surface area contributed by atoms with Gasteiger partial charge in [0.05, 0.1) is 30.2 Å². The number of hydrogen-bond acceptors (Lipinski definition) is 5. The third-order valence-corrected chi connectivity index (χ3v) is 3.13. The van der Waals surface area contributed by atoms with Crippen molar-refractivity contribution in [3.63, 3.8) is 0 Å². The van der Waals surface area contributed by atoms with Crippen LogP contribution in [-0.2, 0) is 18.3 Å². The first-order valence-corrected chi connectivity index (χ1v) is 6.95. The van der Waals surface area contributed by atoms with Crippen molar-refractivity contribution in [2.24, 2.45) is 13.0 Å². The van der Waals surface area contributed by atoms with Crippen molar-refractivity contribution in [3.05, 3.63) is 28.8 Å². The molecule has 0 aliphatic rings. The summed E-state index contributed by atoms with van der Waals surface area (Å²) in [4.78, 5) is 12.0. The molecule has 0 N–H and O–H groups in total. The zero-order valence-corrected chi connectivity index (χ0v) is 13.1. The number of nitrogens with zero attached hydrogens (tertiary/aromatic N) is 5. The van der Waals surface area contributed by atoms with Crippen LogP contribution in [0.4, 0.5) is 0 Å². The fourth-order valence-corrected chi connectivity index (χ4v) is 1.98. The minimum atomic E-state index is -0.423. The predicted molar refractivity (Wildman–Crippen MR) is 76.9 cm³/mol. The second-order valence-corrected chi connectivity index (χ2v) is 5.57. The van der Waals surface area contributed by atoms with Gasteiger partial charge >= 0.3 is 5.97 Å². The van der Waals surface area contributed by atoms with E-state index in [0.29, 0.717) is 24.8 Å². The van der Waals surface area contributed by atoms with Crippen LogP contribution < -0.4 is 0 Å². The van der Waals surface area contributed by atoms with Crippen LogP contribution in [0.3, 0.4) is 0 Å². The lowest BCUT2D eigenvalue weighted by Gasteiger charge is -2.06. The van der Waals surface area contributed by atoms with Gasteiger partial charge in [-0.2, -0.15) is 5.10 Å². The average Bonchev–Trinajstić information content (AvgIpc) is 2.91. The lowest BCUT2D eigenvalue weighted by atomic mass is 10.2. The molecule has 114 valence electrons. The van der Waals surface area contributed by atoms with Crippen molar-refractivity contribution >= 4 is 5.97 Å². The average molecular weight is 291 g/mol. The van der Waals surface area contributed by atoms with Gasteiger partial charge in [-0.05, 0) is 25.8 Å². The Balaban J connectivity index is 2.13. The molecule has 2 aromatic rings. The molecule has 0 spiro atoms. The third kappa shape index (κ3) is 3.48. The number of esters is 1. The summed E-state index contributed by atoms with van der Waals surface area (Å²) in [5.74, 6) is -0.129. The van der Waals surface area contributed by atoms with E-state index in [4.69, 9.17) is 4.74 Å². The number of ether oxygens (including phenoxy) is 1. The molecule has 0 bridgehead atoms. The fraction of sp³-hybridized carbons (Fsp3) is 0.571. The molecule has 2 aromatic heterocycles. The zero-order chi connectivity index (χ0) is 15.6. The molecule has 0 atom stereocenters. The number of hydrogen-bond donors (Lipinski definition) is 0. The molecule has 0 aromatic carbocycles. The number of aromatic nitrogens is 5. The smallest absolute Gasteiger partial charge is 0.360 e. The molecule has 0 saturated heterocycles. The standard InChI is InChI=1S/C14H21N5O2/c1-9(2)8-21-14(20)13-11(4)19(17-15-13)7-12-6-10(3)16-18(12)5/h6,9H,7-8H2,1-5H3. The van der Waals surface area contributed by atoms with Crippen LogP contribution in [0, 0.1) is 19.8 Å². The summed E-state index contributed by atoms with van der Waals surface area (Å²) in [5.41, 5.74) is 2.92. The second kappa shape index (κ2) is 6.07. The second-order valence-electron chi connectivity index (χ2n) is 5.57. The van der Waals surface area contributed by atoms with Crippen LogP contribution in [0.25, 0.3) is 0 Å². The first-order chi connectivity index (χ1) is 9.88. The molecule has 7 nitrogen and oxygen atoms in total. The molecule has 0 amide bonds. The highest BCUT2D eigenvalue weighted by atomic mass is 16.5. The maximum atomic E-state index is 12.0. The zero-order valence-electron chi connectivity index (χ0n) is 13.1. The van der Waals surface area contributed by atoms with E-state index < -0.39 is 5.97 Å². The van der Waals surface area contributed by atoms with Crippen LogP contribution in [0.1, 0.15) is 41.4 Å². The van der Waals surface area contributed by atoms with Crippen molar-refractivity contribution in [1.82, 2.24) is 24.8 Å². The maximum Gasteiger partial charge on any atom is 0.360 e. The van der Waals surface area contributed by atoms with Crippen LogP contribution in [0.15, 0.2) is 6.07 Å². The topological polar surface area (TPSA) is 74.8 Å². The molecule has 21 heavy (non-hydrogen) atoms. The Morgan fingerprint density at radius 3 is 2.67 bits per heavy atom. The van der Waals surface area contributed by atoms with E-state index in [1.165, 1.54) is 0 Å². The van der Waals surface area contributed by atoms with E-state index in [2.05, 4.69) is 15.4 Å². The highest BCUT2D eigenvalue weighted by molar-refractivity contribution is 5.88. The van der Waals surface area contributed by atoms with Crippen molar-refractivity contribution < 1.29 is 9.53 Å².